The number of hydrogen-bond acceptors (Lipinski definition) is 4. The molecule has 1 aromatic rings. The molecule has 0 radical (unpaired) electrons. The molecule has 0 saturated heterocycles. The fraction of sp³-hybridized carbons (Fsp3) is 0.364. The van der Waals surface area contributed by atoms with Gasteiger partial charge >= 0.3 is 0 Å². The van der Waals surface area contributed by atoms with Crippen molar-refractivity contribution in [1.82, 2.24) is 10.3 Å². The highest BCUT2D eigenvalue weighted by Crippen LogP contribution is 1.98. The van der Waals surface area contributed by atoms with Crippen LogP contribution in [0.25, 0.3) is 0 Å². The molecule has 0 bridgehead atoms. The normalized spacial score (nSPS) is 13.1. The number of nitrogens with one attached hydrogen (secondary N) is 1. The van der Waals surface area contributed by atoms with E-state index in [4.69, 9.17) is 10.9 Å². The fourth-order valence-corrected chi connectivity index (χ4v) is 1.25. The van der Waals surface area contributed by atoms with Crippen molar-refractivity contribution < 1.29 is 10.0 Å². The van der Waals surface area contributed by atoms with Crippen LogP contribution >= 0.6 is 0 Å². The molecule has 6 nitrogen and oxygen atoms in total. The topological polar surface area (TPSA) is 101 Å². The maximum atomic E-state index is 11.5. The lowest BCUT2D eigenvalue weighted by atomic mass is 10.1. The van der Waals surface area contributed by atoms with E-state index in [0.717, 1.165) is 12.0 Å². The van der Waals surface area contributed by atoms with Crippen LogP contribution in [0.3, 0.4) is 0 Å². The standard InChI is InChI=1S/C11H16N4O2/c1-8(10(12)15-17)11(16)14-7-4-9-2-5-13-6-3-9/h2-3,5-6,8,17H,4,7H2,1H3,(H2,12,15)(H,14,16). The lowest BCUT2D eigenvalue weighted by Gasteiger charge is -2.10. The lowest BCUT2D eigenvalue weighted by molar-refractivity contribution is -0.122. The number of carbonyl (C=O) groups excluding carboxylic acids is 1. The van der Waals surface area contributed by atoms with Crippen molar-refractivity contribution in [3.8, 4) is 0 Å². The minimum Gasteiger partial charge on any atom is -0.409 e. The van der Waals surface area contributed by atoms with E-state index in [2.05, 4.69) is 15.5 Å². The number of nitrogens with two attached hydrogens (primary N) is 1. The van der Waals surface area contributed by atoms with Gasteiger partial charge in [0.1, 0.15) is 0 Å². The summed E-state index contributed by atoms with van der Waals surface area (Å²) in [6.07, 6.45) is 4.13. The van der Waals surface area contributed by atoms with Crippen molar-refractivity contribution in [3.63, 3.8) is 0 Å². The third-order valence-corrected chi connectivity index (χ3v) is 2.41. The number of pyridine rings is 1. The number of aromatic nitrogens is 1. The third-order valence-electron chi connectivity index (χ3n) is 2.41. The maximum Gasteiger partial charge on any atom is 0.230 e. The smallest absolute Gasteiger partial charge is 0.230 e. The average Bonchev–Trinajstić information content (AvgIpc) is 2.38. The summed E-state index contributed by atoms with van der Waals surface area (Å²) < 4.78 is 0. The van der Waals surface area contributed by atoms with Crippen molar-refractivity contribution in [2.45, 2.75) is 13.3 Å². The molecule has 0 saturated carbocycles. The van der Waals surface area contributed by atoms with Gasteiger partial charge in [-0.2, -0.15) is 0 Å². The first-order chi connectivity index (χ1) is 8.15. The summed E-state index contributed by atoms with van der Waals surface area (Å²) in [5.74, 6) is -0.974. The second-order valence-corrected chi connectivity index (χ2v) is 3.64. The van der Waals surface area contributed by atoms with Crippen molar-refractivity contribution >= 4 is 11.7 Å². The maximum absolute atomic E-state index is 11.5. The molecule has 1 heterocycles. The number of nitrogens with zero attached hydrogens (tertiary/aromatic N) is 2. The molecule has 0 aliphatic carbocycles. The third kappa shape index (κ3) is 4.10. The first-order valence-corrected chi connectivity index (χ1v) is 5.29. The predicted molar refractivity (Wildman–Crippen MR) is 63.5 cm³/mol. The van der Waals surface area contributed by atoms with Crippen LogP contribution in [-0.2, 0) is 11.2 Å². The molecular formula is C11H16N4O2. The number of carbonyl (C=O) groups is 1. The second kappa shape index (κ2) is 6.47. The molecule has 4 N–H and O–H groups in total. The summed E-state index contributed by atoms with van der Waals surface area (Å²) in [5, 5.41) is 13.9. The summed E-state index contributed by atoms with van der Waals surface area (Å²) in [5.41, 5.74) is 6.43. The van der Waals surface area contributed by atoms with Gasteiger partial charge in [-0.15, -0.1) is 0 Å². The molecule has 1 atom stereocenters. The lowest BCUT2D eigenvalue weighted by Crippen LogP contribution is -2.38. The molecule has 6 heteroatoms. The molecular weight excluding hydrogens is 220 g/mol. The zero-order valence-electron chi connectivity index (χ0n) is 9.63. The summed E-state index contributed by atoms with van der Waals surface area (Å²) in [7, 11) is 0. The van der Waals surface area contributed by atoms with Crippen LogP contribution in [0, 0.1) is 5.92 Å². The summed E-state index contributed by atoms with van der Waals surface area (Å²) in [4.78, 5) is 15.4. The first-order valence-electron chi connectivity index (χ1n) is 5.29. The highest BCUT2D eigenvalue weighted by Gasteiger charge is 2.16. The van der Waals surface area contributed by atoms with E-state index in [1.54, 1.807) is 19.3 Å². The highest BCUT2D eigenvalue weighted by molar-refractivity contribution is 6.01. The van der Waals surface area contributed by atoms with Crippen molar-refractivity contribution in [1.29, 1.82) is 0 Å². The molecule has 0 spiro atoms. The van der Waals surface area contributed by atoms with Gasteiger partial charge in [0, 0.05) is 18.9 Å². The van der Waals surface area contributed by atoms with Crippen LogP contribution in [0.4, 0.5) is 0 Å². The molecule has 0 aliphatic heterocycles. The Morgan fingerprint density at radius 3 is 2.82 bits per heavy atom. The monoisotopic (exact) mass is 236 g/mol. The Bertz CT molecular complexity index is 392. The quantitative estimate of drug-likeness (QED) is 0.292. The molecule has 0 aliphatic rings. The minimum atomic E-state index is -0.627. The number of amidine groups is 1. The van der Waals surface area contributed by atoms with Crippen LogP contribution in [0.15, 0.2) is 29.7 Å². The van der Waals surface area contributed by atoms with Gasteiger partial charge in [-0.1, -0.05) is 5.16 Å². The number of amides is 1. The van der Waals surface area contributed by atoms with Gasteiger partial charge in [-0.3, -0.25) is 9.78 Å². The Kier molecular flexibility index (Phi) is 4.93. The Hall–Kier alpha value is -2.11. The number of rotatable bonds is 5. The molecule has 1 unspecified atom stereocenters. The summed E-state index contributed by atoms with van der Waals surface area (Å²) in [6.45, 7) is 2.09. The Balaban J connectivity index is 2.34. The Morgan fingerprint density at radius 1 is 1.59 bits per heavy atom. The van der Waals surface area contributed by atoms with E-state index in [1.165, 1.54) is 0 Å². The van der Waals surface area contributed by atoms with Crippen molar-refractivity contribution in [3.05, 3.63) is 30.1 Å². The number of oxime groups is 1. The van der Waals surface area contributed by atoms with Gasteiger partial charge in [-0.25, -0.2) is 0 Å². The number of hydrogen-bond donors (Lipinski definition) is 3. The van der Waals surface area contributed by atoms with Gasteiger partial charge in [-0.05, 0) is 31.0 Å². The van der Waals surface area contributed by atoms with E-state index in [1.807, 2.05) is 12.1 Å². The van der Waals surface area contributed by atoms with Crippen LogP contribution in [0.1, 0.15) is 12.5 Å². The van der Waals surface area contributed by atoms with Gasteiger partial charge in [0.05, 0.1) is 5.92 Å². The molecule has 0 aromatic carbocycles. The van der Waals surface area contributed by atoms with E-state index in [0.29, 0.717) is 6.54 Å². The van der Waals surface area contributed by atoms with Crippen LogP contribution in [-0.4, -0.2) is 28.5 Å². The molecule has 92 valence electrons. The van der Waals surface area contributed by atoms with Crippen LogP contribution in [0.2, 0.25) is 0 Å². The second-order valence-electron chi connectivity index (χ2n) is 3.64. The average molecular weight is 236 g/mol. The zero-order valence-corrected chi connectivity index (χ0v) is 9.63. The SMILES string of the molecule is CC(C(=O)NCCc1ccncc1)C(N)=NO. The Labute approximate surface area is 99.5 Å². The molecule has 1 aromatic heterocycles. The molecule has 0 fully saturated rings. The van der Waals surface area contributed by atoms with Gasteiger partial charge in [0.25, 0.3) is 0 Å². The summed E-state index contributed by atoms with van der Waals surface area (Å²) in [6, 6.07) is 3.78. The van der Waals surface area contributed by atoms with Crippen LogP contribution < -0.4 is 11.1 Å². The zero-order chi connectivity index (χ0) is 12.7. The molecule has 1 amide bonds. The van der Waals surface area contributed by atoms with Crippen molar-refractivity contribution in [2.24, 2.45) is 16.8 Å². The van der Waals surface area contributed by atoms with Crippen LogP contribution in [0.5, 0.6) is 0 Å². The molecule has 17 heavy (non-hydrogen) atoms. The molecule has 1 rings (SSSR count). The highest BCUT2D eigenvalue weighted by atomic mass is 16.4. The van der Waals surface area contributed by atoms with Crippen molar-refractivity contribution in [2.75, 3.05) is 6.54 Å². The first kappa shape index (κ1) is 13.0. The fourth-order valence-electron chi connectivity index (χ4n) is 1.25. The van der Waals surface area contributed by atoms with Gasteiger partial charge in [0.2, 0.25) is 5.91 Å². The Morgan fingerprint density at radius 2 is 2.24 bits per heavy atom. The predicted octanol–water partition coefficient (Wildman–Crippen LogP) is 0.123. The van der Waals surface area contributed by atoms with Gasteiger partial charge < -0.3 is 16.3 Å². The van der Waals surface area contributed by atoms with E-state index < -0.39 is 5.92 Å². The summed E-state index contributed by atoms with van der Waals surface area (Å²) >= 11 is 0. The van der Waals surface area contributed by atoms with E-state index in [9.17, 15) is 4.79 Å². The van der Waals surface area contributed by atoms with E-state index >= 15 is 0 Å². The minimum absolute atomic E-state index is 0.0913. The largest absolute Gasteiger partial charge is 0.409 e. The van der Waals surface area contributed by atoms with Gasteiger partial charge in [0.15, 0.2) is 5.84 Å². The van der Waals surface area contributed by atoms with E-state index in [-0.39, 0.29) is 11.7 Å².